The molecule has 0 spiro atoms. The number of rotatable bonds is 3. The maximum atomic E-state index is 8.73. The highest BCUT2D eigenvalue weighted by molar-refractivity contribution is 6.14. The van der Waals surface area contributed by atoms with E-state index in [2.05, 4.69) is 0 Å². The summed E-state index contributed by atoms with van der Waals surface area (Å²) in [5.74, 6) is -3.23. The molecule has 11 heavy (non-hydrogen) atoms. The molecule has 0 aromatic rings. The molecule has 7 heteroatoms. The fraction of sp³-hybridized carbons (Fsp3) is 1.00. The van der Waals surface area contributed by atoms with E-state index in [-0.39, 0.29) is 0 Å². The molecule has 0 aromatic heterocycles. The van der Waals surface area contributed by atoms with Crippen molar-refractivity contribution in [3.63, 3.8) is 0 Å². The second-order valence-electron chi connectivity index (χ2n) is 2.32. The number of hydrogen-bond acceptors (Lipinski definition) is 6. The molecule has 0 aromatic carbocycles. The largest absolute Gasteiger partial charge is 0.394 e. The third kappa shape index (κ3) is 4.30. The Morgan fingerprint density at radius 1 is 1.09 bits per heavy atom. The summed E-state index contributed by atoms with van der Waals surface area (Å²) in [5.41, 5.74) is -2.65. The van der Waals surface area contributed by atoms with Gasteiger partial charge in [-0.15, -0.1) is 0 Å². The molecule has 0 aliphatic carbocycles. The molecular weight excluding hydrogens is 155 g/mol. The second-order valence-corrected chi connectivity index (χ2v) is 2.32. The van der Waals surface area contributed by atoms with Crippen LogP contribution in [0.3, 0.4) is 0 Å². The van der Waals surface area contributed by atoms with Crippen LogP contribution in [0.15, 0.2) is 0 Å². The molecule has 6 N–H and O–H groups in total. The van der Waals surface area contributed by atoms with Gasteiger partial charge in [-0.05, 0) is 0 Å². The molecule has 0 fully saturated rings. The molecule has 2 radical (unpaired) electrons. The van der Waals surface area contributed by atoms with Crippen molar-refractivity contribution in [1.82, 2.24) is 0 Å². The van der Waals surface area contributed by atoms with Gasteiger partial charge in [0.05, 0.1) is 11.9 Å². The van der Waals surface area contributed by atoms with Crippen molar-refractivity contribution in [3.8, 4) is 0 Å². The van der Waals surface area contributed by atoms with Crippen LogP contribution in [0.25, 0.3) is 0 Å². The summed E-state index contributed by atoms with van der Waals surface area (Å²) in [6, 6.07) is 0. The van der Waals surface area contributed by atoms with Gasteiger partial charge in [0, 0.05) is 0 Å². The zero-order valence-corrected chi connectivity index (χ0v) is 5.55. The summed E-state index contributed by atoms with van der Waals surface area (Å²) in [5, 5.41) is 50.1. The molecule has 0 bridgehead atoms. The van der Waals surface area contributed by atoms with Crippen LogP contribution in [0.2, 0.25) is 0 Å². The van der Waals surface area contributed by atoms with Crippen LogP contribution in [0.4, 0.5) is 0 Å². The van der Waals surface area contributed by atoms with Gasteiger partial charge >= 0.3 is 0 Å². The highest BCUT2D eigenvalue weighted by Crippen LogP contribution is 2.15. The monoisotopic (exact) mass is 164 g/mol. The minimum Gasteiger partial charge on any atom is -0.394 e. The van der Waals surface area contributed by atoms with E-state index in [4.69, 9.17) is 38.5 Å². The van der Waals surface area contributed by atoms with Gasteiger partial charge in [-0.2, -0.15) is 0 Å². The highest BCUT2D eigenvalue weighted by atomic mass is 16.7. The van der Waals surface area contributed by atoms with E-state index in [0.29, 0.717) is 0 Å². The van der Waals surface area contributed by atoms with Crippen molar-refractivity contribution in [2.24, 2.45) is 0 Å². The zero-order valence-electron chi connectivity index (χ0n) is 5.55. The minimum atomic E-state index is -3.23. The molecule has 0 saturated heterocycles. The molecule has 0 rings (SSSR count). The number of aliphatic hydroxyl groups excluding tert-OH is 1. The van der Waals surface area contributed by atoms with Crippen LogP contribution in [0, 0.1) is 0 Å². The van der Waals surface area contributed by atoms with E-state index >= 15 is 0 Å². The number of hydrogen-bond donors (Lipinski definition) is 6. The first-order valence-electron chi connectivity index (χ1n) is 2.70. The summed E-state index contributed by atoms with van der Waals surface area (Å²) < 4.78 is 0. The van der Waals surface area contributed by atoms with Crippen LogP contribution in [0.5, 0.6) is 0 Å². The van der Waals surface area contributed by atoms with Crippen LogP contribution < -0.4 is 0 Å². The first-order valence-corrected chi connectivity index (χ1v) is 2.70. The van der Waals surface area contributed by atoms with Crippen molar-refractivity contribution in [2.45, 2.75) is 24.2 Å². The summed E-state index contributed by atoms with van der Waals surface area (Å²) in [4.78, 5) is 0. The summed E-state index contributed by atoms with van der Waals surface area (Å²) >= 11 is 0. The Labute approximate surface area is 63.8 Å². The molecule has 6 nitrogen and oxygen atoms in total. The SMILES string of the molecule is [B]C(O)(CC(O)(O)O)C(O)O. The Balaban J connectivity index is 4.13. The van der Waals surface area contributed by atoms with Gasteiger partial charge in [0.15, 0.2) is 6.29 Å². The van der Waals surface area contributed by atoms with Gasteiger partial charge in [0.1, 0.15) is 7.85 Å². The predicted octanol–water partition coefficient (Wildman–Crippen LogP) is -3.83. The standard InChI is InChI=1S/C4H9BO6/c5-3(8,2(6)7)1-4(9,10)11/h2,6-11H,1H2. The van der Waals surface area contributed by atoms with E-state index in [1.165, 1.54) is 0 Å². The van der Waals surface area contributed by atoms with E-state index in [9.17, 15) is 0 Å². The van der Waals surface area contributed by atoms with Crippen LogP contribution in [0.1, 0.15) is 6.42 Å². The Hall–Kier alpha value is -0.175. The van der Waals surface area contributed by atoms with Crippen molar-refractivity contribution in [3.05, 3.63) is 0 Å². The van der Waals surface area contributed by atoms with Crippen molar-refractivity contribution >= 4 is 7.85 Å². The third-order valence-electron chi connectivity index (χ3n) is 0.967. The first kappa shape index (κ1) is 10.8. The summed E-state index contributed by atoms with van der Waals surface area (Å²) in [6.45, 7) is 0. The van der Waals surface area contributed by atoms with E-state index in [1.54, 1.807) is 0 Å². The van der Waals surface area contributed by atoms with E-state index in [0.717, 1.165) is 0 Å². The van der Waals surface area contributed by atoms with Crippen LogP contribution in [-0.2, 0) is 0 Å². The molecule has 0 saturated carbocycles. The van der Waals surface area contributed by atoms with E-state index < -0.39 is 24.2 Å². The molecule has 64 valence electrons. The first-order chi connectivity index (χ1) is 4.65. The number of aliphatic hydroxyl groups is 6. The lowest BCUT2D eigenvalue weighted by Crippen LogP contribution is -2.49. The van der Waals surface area contributed by atoms with Gasteiger partial charge in [-0.1, -0.05) is 0 Å². The zero-order chi connectivity index (χ0) is 9.28. The lowest BCUT2D eigenvalue weighted by molar-refractivity contribution is -0.335. The van der Waals surface area contributed by atoms with Gasteiger partial charge in [0.25, 0.3) is 5.97 Å². The Morgan fingerprint density at radius 2 is 1.45 bits per heavy atom. The normalized spacial score (nSPS) is 18.5. The lowest BCUT2D eigenvalue weighted by Gasteiger charge is -2.29. The van der Waals surface area contributed by atoms with Gasteiger partial charge < -0.3 is 30.6 Å². The average molecular weight is 164 g/mol. The van der Waals surface area contributed by atoms with E-state index in [1.807, 2.05) is 0 Å². The molecule has 0 aliphatic heterocycles. The summed E-state index contributed by atoms with van der Waals surface area (Å²) in [6.07, 6.45) is -3.56. The molecule has 0 aliphatic rings. The third-order valence-corrected chi connectivity index (χ3v) is 0.967. The second kappa shape index (κ2) is 3.06. The fourth-order valence-electron chi connectivity index (χ4n) is 0.471. The Morgan fingerprint density at radius 3 is 1.55 bits per heavy atom. The highest BCUT2D eigenvalue weighted by Gasteiger charge is 2.37. The van der Waals surface area contributed by atoms with Crippen molar-refractivity contribution in [1.29, 1.82) is 0 Å². The minimum absolute atomic E-state index is 1.20. The maximum absolute atomic E-state index is 8.73. The smallest absolute Gasteiger partial charge is 0.277 e. The van der Waals surface area contributed by atoms with Gasteiger partial charge in [-0.3, -0.25) is 0 Å². The van der Waals surface area contributed by atoms with Crippen LogP contribution >= 0.6 is 0 Å². The fourth-order valence-corrected chi connectivity index (χ4v) is 0.471. The quantitative estimate of drug-likeness (QED) is 0.188. The average Bonchev–Trinajstić information content (AvgIpc) is 1.56. The topological polar surface area (TPSA) is 121 Å². The lowest BCUT2D eigenvalue weighted by atomic mass is 9.77. The predicted molar refractivity (Wildman–Crippen MR) is 32.9 cm³/mol. The van der Waals surface area contributed by atoms with Crippen molar-refractivity contribution < 1.29 is 30.6 Å². The van der Waals surface area contributed by atoms with Gasteiger partial charge in [-0.25, -0.2) is 0 Å². The summed E-state index contributed by atoms with van der Waals surface area (Å²) in [7, 11) is 4.72. The molecule has 1 unspecified atom stereocenters. The van der Waals surface area contributed by atoms with Gasteiger partial charge in [0.2, 0.25) is 0 Å². The van der Waals surface area contributed by atoms with Crippen molar-refractivity contribution in [2.75, 3.05) is 0 Å². The molecule has 0 heterocycles. The molecule has 0 amide bonds. The molecule has 1 atom stereocenters. The maximum Gasteiger partial charge on any atom is 0.277 e. The Bertz CT molecular complexity index is 127. The Kier molecular flexibility index (Phi) is 3.01. The molecular formula is C4H9BO6. The van der Waals surface area contributed by atoms with Crippen LogP contribution in [-0.4, -0.2) is 56.2 Å².